The molecule has 0 saturated carbocycles. The van der Waals surface area contributed by atoms with Gasteiger partial charge >= 0.3 is 11.9 Å². The number of hydrogen-bond acceptors (Lipinski definition) is 7. The van der Waals surface area contributed by atoms with Crippen LogP contribution in [0.15, 0.2) is 43.4 Å². The van der Waals surface area contributed by atoms with E-state index in [1.807, 2.05) is 17.8 Å². The maximum Gasteiger partial charge on any atom is 0.305 e. The highest BCUT2D eigenvalue weighted by atomic mass is 32.2. The van der Waals surface area contributed by atoms with Crippen LogP contribution >= 0.6 is 46.2 Å². The molecule has 0 aromatic carbocycles. The first-order valence-electron chi connectivity index (χ1n) is 9.12. The molecule has 0 aliphatic rings. The van der Waals surface area contributed by atoms with E-state index in [2.05, 4.69) is 40.6 Å². The van der Waals surface area contributed by atoms with Crippen LogP contribution < -0.4 is 0 Å². The van der Waals surface area contributed by atoms with E-state index in [0.717, 1.165) is 30.8 Å². The molecule has 0 aliphatic carbocycles. The normalized spacial score (nSPS) is 11.4. The molecule has 2 aromatic heterocycles. The Morgan fingerprint density at radius 1 is 1.07 bits per heavy atom. The first-order chi connectivity index (χ1) is 13.5. The summed E-state index contributed by atoms with van der Waals surface area (Å²) in [5, 5.41) is 12.5. The van der Waals surface area contributed by atoms with Gasteiger partial charge in [-0.1, -0.05) is 19.1 Å². The molecule has 0 aliphatic heterocycles. The van der Waals surface area contributed by atoms with Crippen molar-refractivity contribution in [2.75, 3.05) is 18.6 Å². The summed E-state index contributed by atoms with van der Waals surface area (Å²) in [6.07, 6.45) is 3.65. The third-order valence-corrected chi connectivity index (χ3v) is 8.00. The molecule has 1 N–H and O–H groups in total. The summed E-state index contributed by atoms with van der Waals surface area (Å²) < 4.78 is 7.29. The minimum absolute atomic E-state index is 0.108. The third kappa shape index (κ3) is 13.3. The Bertz CT molecular complexity index is 641. The summed E-state index contributed by atoms with van der Waals surface area (Å²) in [4.78, 5) is 21.2. The Morgan fingerprint density at radius 2 is 1.68 bits per heavy atom. The molecule has 0 saturated heterocycles. The van der Waals surface area contributed by atoms with E-state index in [0.29, 0.717) is 18.8 Å². The van der Waals surface area contributed by atoms with Crippen molar-refractivity contribution in [3.05, 3.63) is 35.0 Å². The lowest BCUT2D eigenvalue weighted by Gasteiger charge is -2.08. The van der Waals surface area contributed by atoms with E-state index >= 15 is 0 Å². The lowest BCUT2D eigenvalue weighted by atomic mass is 10.1. The molecule has 1 atom stereocenters. The number of aliphatic carboxylic acids is 1. The summed E-state index contributed by atoms with van der Waals surface area (Å²) in [5.41, 5.74) is 0. The molecule has 2 heterocycles. The topological polar surface area (TPSA) is 63.6 Å². The number of carbonyl (C=O) groups is 2. The van der Waals surface area contributed by atoms with Gasteiger partial charge in [0.25, 0.3) is 0 Å². The maximum atomic E-state index is 11.0. The molecule has 0 amide bonds. The molecule has 8 heteroatoms. The van der Waals surface area contributed by atoms with Gasteiger partial charge in [-0.05, 0) is 59.6 Å². The second kappa shape index (κ2) is 15.9. The fourth-order valence-electron chi connectivity index (χ4n) is 2.07. The molecule has 1 unspecified atom stereocenters. The van der Waals surface area contributed by atoms with Gasteiger partial charge in [0.15, 0.2) is 0 Å². The fraction of sp³-hybridized carbons (Fsp3) is 0.500. The van der Waals surface area contributed by atoms with Crippen LogP contribution in [0.25, 0.3) is 0 Å². The molecular weight excluding hydrogens is 432 g/mol. The number of ether oxygens (including phenoxy) is 1. The van der Waals surface area contributed by atoms with Crippen molar-refractivity contribution in [3.8, 4) is 0 Å². The van der Waals surface area contributed by atoms with Crippen LogP contribution in [-0.2, 0) is 14.3 Å². The summed E-state index contributed by atoms with van der Waals surface area (Å²) >= 11 is 7.16. The Morgan fingerprint density at radius 3 is 2.18 bits per heavy atom. The van der Waals surface area contributed by atoms with Gasteiger partial charge in [-0.15, -0.1) is 46.2 Å². The monoisotopic (exact) mass is 460 g/mol. The average Bonchev–Trinajstić information content (AvgIpc) is 3.35. The average molecular weight is 461 g/mol. The van der Waals surface area contributed by atoms with Crippen LogP contribution in [0.4, 0.5) is 0 Å². The lowest BCUT2D eigenvalue weighted by molar-refractivity contribution is -0.141. The second-order valence-electron chi connectivity index (χ2n) is 6.09. The van der Waals surface area contributed by atoms with Gasteiger partial charge in [0.1, 0.15) is 0 Å². The van der Waals surface area contributed by atoms with E-state index < -0.39 is 5.97 Å². The van der Waals surface area contributed by atoms with E-state index in [1.165, 1.54) is 15.5 Å². The summed E-state index contributed by atoms with van der Waals surface area (Å²) in [5.74, 6) is 1.70. The molecule has 156 valence electrons. The Hall–Kier alpha value is -0.960. The van der Waals surface area contributed by atoms with E-state index in [-0.39, 0.29) is 5.97 Å². The van der Waals surface area contributed by atoms with Crippen molar-refractivity contribution in [2.45, 2.75) is 47.4 Å². The van der Waals surface area contributed by atoms with Crippen LogP contribution in [0.5, 0.6) is 0 Å². The lowest BCUT2D eigenvalue weighted by Crippen LogP contribution is -2.07. The number of carboxylic acids is 1. The number of unbranched alkanes of at least 4 members (excludes halogenated alkanes) is 1. The Kier molecular flexibility index (Phi) is 14.2. The zero-order chi connectivity index (χ0) is 20.6. The SMILES string of the molecule is COC(=O)CC(C)CCSc1cccs1.O=C(O)CCCCSc1cccs1. The van der Waals surface area contributed by atoms with Crippen LogP contribution in [-0.4, -0.2) is 35.7 Å². The number of carboxylic acid groups (broad SMARTS) is 1. The molecule has 4 nitrogen and oxygen atoms in total. The number of thioether (sulfide) groups is 2. The minimum atomic E-state index is -0.693. The molecule has 2 rings (SSSR count). The minimum Gasteiger partial charge on any atom is -0.481 e. The van der Waals surface area contributed by atoms with E-state index in [9.17, 15) is 9.59 Å². The Balaban J connectivity index is 0.000000283. The van der Waals surface area contributed by atoms with Gasteiger partial charge in [0.2, 0.25) is 0 Å². The van der Waals surface area contributed by atoms with Crippen LogP contribution in [0.1, 0.15) is 39.0 Å². The number of carbonyl (C=O) groups excluding carboxylic acids is 1. The molecule has 0 bridgehead atoms. The van der Waals surface area contributed by atoms with Gasteiger partial charge in [0.05, 0.1) is 15.5 Å². The van der Waals surface area contributed by atoms with E-state index in [4.69, 9.17) is 5.11 Å². The van der Waals surface area contributed by atoms with Gasteiger partial charge in [-0.3, -0.25) is 9.59 Å². The van der Waals surface area contributed by atoms with Crippen molar-refractivity contribution in [1.82, 2.24) is 0 Å². The first kappa shape index (κ1) is 25.1. The van der Waals surface area contributed by atoms with Crippen molar-refractivity contribution in [3.63, 3.8) is 0 Å². The van der Waals surface area contributed by atoms with Gasteiger partial charge in [-0.25, -0.2) is 0 Å². The number of hydrogen-bond donors (Lipinski definition) is 1. The second-order valence-corrected chi connectivity index (χ2v) is 10.8. The van der Waals surface area contributed by atoms with Crippen molar-refractivity contribution in [2.24, 2.45) is 5.92 Å². The summed E-state index contributed by atoms with van der Waals surface area (Å²) in [6.45, 7) is 2.09. The van der Waals surface area contributed by atoms with Crippen molar-refractivity contribution < 1.29 is 19.4 Å². The molecule has 28 heavy (non-hydrogen) atoms. The number of rotatable bonds is 12. The number of esters is 1. The van der Waals surface area contributed by atoms with Gasteiger partial charge in [-0.2, -0.15) is 0 Å². The van der Waals surface area contributed by atoms with Gasteiger partial charge < -0.3 is 9.84 Å². The Labute approximate surface area is 184 Å². The molecule has 0 spiro atoms. The largest absolute Gasteiger partial charge is 0.481 e. The highest BCUT2D eigenvalue weighted by Crippen LogP contribution is 2.26. The molecule has 0 fully saturated rings. The van der Waals surface area contributed by atoms with Crippen LogP contribution in [0.2, 0.25) is 0 Å². The molecule has 0 radical (unpaired) electrons. The third-order valence-electron chi connectivity index (χ3n) is 3.62. The quantitative estimate of drug-likeness (QED) is 0.221. The highest BCUT2D eigenvalue weighted by Gasteiger charge is 2.09. The first-order valence-corrected chi connectivity index (χ1v) is 12.9. The van der Waals surface area contributed by atoms with Crippen LogP contribution in [0, 0.1) is 5.92 Å². The maximum absolute atomic E-state index is 11.0. The van der Waals surface area contributed by atoms with Gasteiger partial charge in [0, 0.05) is 12.8 Å². The number of methoxy groups -OCH3 is 1. The highest BCUT2D eigenvalue weighted by molar-refractivity contribution is 8.01. The molecule has 2 aromatic rings. The summed E-state index contributed by atoms with van der Waals surface area (Å²) in [6, 6.07) is 8.31. The van der Waals surface area contributed by atoms with Crippen molar-refractivity contribution >= 4 is 58.1 Å². The van der Waals surface area contributed by atoms with E-state index in [1.54, 1.807) is 34.4 Å². The van der Waals surface area contributed by atoms with Crippen molar-refractivity contribution in [1.29, 1.82) is 0 Å². The summed E-state index contributed by atoms with van der Waals surface area (Å²) in [7, 11) is 1.44. The molecular formula is C20H28O4S4. The zero-order valence-electron chi connectivity index (χ0n) is 16.3. The number of thiophene rings is 2. The predicted molar refractivity (Wildman–Crippen MR) is 122 cm³/mol. The van der Waals surface area contributed by atoms with Crippen LogP contribution in [0.3, 0.4) is 0 Å². The zero-order valence-corrected chi connectivity index (χ0v) is 19.6. The smallest absolute Gasteiger partial charge is 0.305 e. The predicted octanol–water partition coefficient (Wildman–Crippen LogP) is 6.52. The standard InChI is InChI=1S/C11H16O2S2.C9H12O2S2/c1-9(8-10(12)13-2)5-7-15-11-4-3-6-14-11;10-8(11)4-1-2-6-12-9-5-3-7-13-9/h3-4,6,9H,5,7-8H2,1-2H3;3,5,7H,1-2,4,6H2,(H,10,11). The fourth-order valence-corrected chi connectivity index (χ4v) is 5.97.